The maximum atomic E-state index is 12.8. The van der Waals surface area contributed by atoms with Crippen LogP contribution in [0.15, 0.2) is 18.2 Å². The Morgan fingerprint density at radius 3 is 2.12 bits per heavy atom. The van der Waals surface area contributed by atoms with Crippen molar-refractivity contribution in [3.05, 3.63) is 33.9 Å². The first-order valence-corrected chi connectivity index (χ1v) is 7.81. The number of anilines is 1. The lowest BCUT2D eigenvalue weighted by molar-refractivity contribution is -0.384. The minimum absolute atomic E-state index is 0.0194. The number of carbonyl (C=O) groups excluding carboxylic acids is 1. The number of nitrogens with zero attached hydrogens (tertiary/aromatic N) is 3. The zero-order valence-electron chi connectivity index (χ0n) is 14.3. The van der Waals surface area contributed by atoms with Gasteiger partial charge in [-0.2, -0.15) is 13.2 Å². The van der Waals surface area contributed by atoms with Crippen molar-refractivity contribution in [2.75, 3.05) is 31.1 Å². The summed E-state index contributed by atoms with van der Waals surface area (Å²) in [5.74, 6) is -0.0194. The Bertz CT molecular complexity index is 675. The molecule has 1 aromatic carbocycles. The van der Waals surface area contributed by atoms with Gasteiger partial charge in [-0.1, -0.05) is 20.8 Å². The summed E-state index contributed by atoms with van der Waals surface area (Å²) in [6, 6.07) is 2.53. The summed E-state index contributed by atoms with van der Waals surface area (Å²) >= 11 is 0. The Kier molecular flexibility index (Phi) is 4.97. The topological polar surface area (TPSA) is 66.7 Å². The van der Waals surface area contributed by atoms with E-state index >= 15 is 0 Å². The number of amides is 1. The van der Waals surface area contributed by atoms with E-state index in [9.17, 15) is 28.1 Å². The highest BCUT2D eigenvalue weighted by Crippen LogP contribution is 2.36. The van der Waals surface area contributed by atoms with E-state index in [4.69, 9.17) is 0 Å². The second kappa shape index (κ2) is 6.53. The van der Waals surface area contributed by atoms with E-state index in [0.29, 0.717) is 32.2 Å². The molecule has 1 aliphatic heterocycles. The number of hydrogen-bond donors (Lipinski definition) is 0. The van der Waals surface area contributed by atoms with Crippen molar-refractivity contribution < 1.29 is 22.9 Å². The Labute approximate surface area is 143 Å². The van der Waals surface area contributed by atoms with Crippen molar-refractivity contribution in [1.82, 2.24) is 4.90 Å². The summed E-state index contributed by atoms with van der Waals surface area (Å²) < 4.78 is 38.3. The summed E-state index contributed by atoms with van der Waals surface area (Å²) in [4.78, 5) is 26.0. The SMILES string of the molecule is CC(C)(C)C(=O)N1CCN(c2ccc(C(F)(F)F)cc2[N+](=O)[O-])CC1. The van der Waals surface area contributed by atoms with Gasteiger partial charge in [0.05, 0.1) is 10.5 Å². The highest BCUT2D eigenvalue weighted by Gasteiger charge is 2.35. The molecule has 0 radical (unpaired) electrons. The van der Waals surface area contributed by atoms with E-state index < -0.39 is 27.8 Å². The van der Waals surface area contributed by atoms with E-state index in [-0.39, 0.29) is 11.6 Å². The Morgan fingerprint density at radius 2 is 1.68 bits per heavy atom. The molecule has 1 aliphatic rings. The summed E-state index contributed by atoms with van der Waals surface area (Å²) in [5, 5.41) is 11.2. The Balaban J connectivity index is 2.21. The van der Waals surface area contributed by atoms with Gasteiger partial charge in [-0.05, 0) is 12.1 Å². The predicted octanol–water partition coefficient (Wildman–Crippen LogP) is 3.31. The van der Waals surface area contributed by atoms with Crippen LogP contribution in [-0.4, -0.2) is 41.9 Å². The molecule has 0 aliphatic carbocycles. The first-order valence-electron chi connectivity index (χ1n) is 7.81. The van der Waals surface area contributed by atoms with Gasteiger partial charge in [0.25, 0.3) is 5.69 Å². The number of nitro benzene ring substituents is 1. The van der Waals surface area contributed by atoms with Crippen LogP contribution in [0.1, 0.15) is 26.3 Å². The van der Waals surface area contributed by atoms with Gasteiger partial charge in [-0.25, -0.2) is 0 Å². The van der Waals surface area contributed by atoms with E-state index in [1.54, 1.807) is 9.80 Å². The molecule has 0 unspecified atom stereocenters. The van der Waals surface area contributed by atoms with Crippen LogP contribution in [0.2, 0.25) is 0 Å². The molecule has 0 saturated carbocycles. The third kappa shape index (κ3) is 4.21. The highest BCUT2D eigenvalue weighted by molar-refractivity contribution is 5.82. The molecule has 0 atom stereocenters. The van der Waals surface area contributed by atoms with Crippen molar-refractivity contribution >= 4 is 17.3 Å². The fraction of sp³-hybridized carbons (Fsp3) is 0.562. The number of piperazine rings is 1. The monoisotopic (exact) mass is 359 g/mol. The highest BCUT2D eigenvalue weighted by atomic mass is 19.4. The quantitative estimate of drug-likeness (QED) is 0.600. The molecule has 9 heteroatoms. The number of carbonyl (C=O) groups is 1. The molecule has 0 N–H and O–H groups in total. The molecule has 1 heterocycles. The van der Waals surface area contributed by atoms with E-state index in [0.717, 1.165) is 12.1 Å². The molecule has 1 fully saturated rings. The van der Waals surface area contributed by atoms with Crippen LogP contribution in [0, 0.1) is 15.5 Å². The van der Waals surface area contributed by atoms with Crippen LogP contribution >= 0.6 is 0 Å². The third-order valence-electron chi connectivity index (χ3n) is 4.05. The molecule has 138 valence electrons. The number of rotatable bonds is 2. The van der Waals surface area contributed by atoms with Gasteiger partial charge in [0.1, 0.15) is 5.69 Å². The number of nitro groups is 1. The molecule has 0 bridgehead atoms. The minimum Gasteiger partial charge on any atom is -0.362 e. The van der Waals surface area contributed by atoms with Gasteiger partial charge in [0, 0.05) is 37.7 Å². The summed E-state index contributed by atoms with van der Waals surface area (Å²) in [5.41, 5.74) is -2.02. The fourth-order valence-corrected chi connectivity index (χ4v) is 2.74. The van der Waals surface area contributed by atoms with Gasteiger partial charge in [-0.15, -0.1) is 0 Å². The summed E-state index contributed by atoms with van der Waals surface area (Å²) in [6.07, 6.45) is -4.64. The molecule has 0 spiro atoms. The molecular formula is C16H20F3N3O3. The molecule has 6 nitrogen and oxygen atoms in total. The summed E-state index contributed by atoms with van der Waals surface area (Å²) in [7, 11) is 0. The van der Waals surface area contributed by atoms with Gasteiger partial charge < -0.3 is 9.80 Å². The van der Waals surface area contributed by atoms with Crippen molar-refractivity contribution in [2.24, 2.45) is 5.41 Å². The van der Waals surface area contributed by atoms with Crippen molar-refractivity contribution in [2.45, 2.75) is 26.9 Å². The first kappa shape index (κ1) is 19.0. The maximum Gasteiger partial charge on any atom is 0.416 e. The largest absolute Gasteiger partial charge is 0.416 e. The zero-order valence-corrected chi connectivity index (χ0v) is 14.3. The molecule has 2 rings (SSSR count). The van der Waals surface area contributed by atoms with Gasteiger partial charge in [0.2, 0.25) is 5.91 Å². The fourth-order valence-electron chi connectivity index (χ4n) is 2.74. The van der Waals surface area contributed by atoms with Gasteiger partial charge >= 0.3 is 6.18 Å². The lowest BCUT2D eigenvalue weighted by Gasteiger charge is -2.38. The number of benzene rings is 1. The average Bonchev–Trinajstić information content (AvgIpc) is 2.52. The second-order valence-corrected chi connectivity index (χ2v) is 6.99. The van der Waals surface area contributed by atoms with Gasteiger partial charge in [0.15, 0.2) is 0 Å². The Morgan fingerprint density at radius 1 is 1.12 bits per heavy atom. The number of hydrogen-bond acceptors (Lipinski definition) is 4. The Hall–Kier alpha value is -2.32. The minimum atomic E-state index is -4.64. The zero-order chi connectivity index (χ0) is 19.0. The number of halogens is 3. The standard InChI is InChI=1S/C16H20F3N3O3/c1-15(2,3)14(23)21-8-6-20(7-9-21)12-5-4-11(16(17,18)19)10-13(12)22(24)25/h4-5,10H,6-9H2,1-3H3. The first-order chi connectivity index (χ1) is 11.4. The second-order valence-electron chi connectivity index (χ2n) is 6.99. The molecule has 25 heavy (non-hydrogen) atoms. The van der Waals surface area contributed by atoms with Crippen molar-refractivity contribution in [1.29, 1.82) is 0 Å². The molecule has 0 aromatic heterocycles. The van der Waals surface area contributed by atoms with Crippen LogP contribution in [0.4, 0.5) is 24.5 Å². The third-order valence-corrected chi connectivity index (χ3v) is 4.05. The van der Waals surface area contributed by atoms with Gasteiger partial charge in [-0.3, -0.25) is 14.9 Å². The molecule has 1 amide bonds. The van der Waals surface area contributed by atoms with Crippen molar-refractivity contribution in [3.8, 4) is 0 Å². The van der Waals surface area contributed by atoms with Crippen molar-refractivity contribution in [3.63, 3.8) is 0 Å². The van der Waals surface area contributed by atoms with Crippen LogP contribution in [0.25, 0.3) is 0 Å². The van der Waals surface area contributed by atoms with E-state index in [1.165, 1.54) is 0 Å². The van der Waals surface area contributed by atoms with E-state index in [2.05, 4.69) is 0 Å². The molecular weight excluding hydrogens is 339 g/mol. The van der Waals surface area contributed by atoms with E-state index in [1.807, 2.05) is 20.8 Å². The maximum absolute atomic E-state index is 12.8. The summed E-state index contributed by atoms with van der Waals surface area (Å²) in [6.45, 7) is 6.82. The van der Waals surface area contributed by atoms with Crippen LogP contribution in [0.5, 0.6) is 0 Å². The predicted molar refractivity (Wildman–Crippen MR) is 86.3 cm³/mol. The lowest BCUT2D eigenvalue weighted by Crippen LogP contribution is -2.51. The average molecular weight is 359 g/mol. The molecule has 1 saturated heterocycles. The molecule has 1 aromatic rings. The van der Waals surface area contributed by atoms with Crippen LogP contribution in [0.3, 0.4) is 0 Å². The van der Waals surface area contributed by atoms with Crippen LogP contribution in [-0.2, 0) is 11.0 Å². The smallest absolute Gasteiger partial charge is 0.362 e. The van der Waals surface area contributed by atoms with Crippen LogP contribution < -0.4 is 4.90 Å². The number of alkyl halides is 3. The normalized spacial score (nSPS) is 16.1. The lowest BCUT2D eigenvalue weighted by atomic mass is 9.94.